The third-order valence-electron chi connectivity index (χ3n) is 3.76. The lowest BCUT2D eigenvalue weighted by atomic mass is 9.91. The molecule has 2 rings (SSSR count). The van der Waals surface area contributed by atoms with E-state index in [4.69, 9.17) is 0 Å². The summed E-state index contributed by atoms with van der Waals surface area (Å²) in [6.45, 7) is 10.3. The van der Waals surface area contributed by atoms with E-state index in [-0.39, 0.29) is 5.82 Å². The molecule has 1 fully saturated rings. The molecule has 0 spiro atoms. The van der Waals surface area contributed by atoms with Crippen molar-refractivity contribution in [2.24, 2.45) is 11.8 Å². The van der Waals surface area contributed by atoms with Gasteiger partial charge in [-0.25, -0.2) is 4.39 Å². The second-order valence-electron chi connectivity index (χ2n) is 5.95. The molecule has 1 aliphatic heterocycles. The molecule has 2 unspecified atom stereocenters. The second-order valence-corrected chi connectivity index (χ2v) is 5.95. The van der Waals surface area contributed by atoms with Gasteiger partial charge < -0.3 is 10.2 Å². The Morgan fingerprint density at radius 2 is 1.89 bits per heavy atom. The van der Waals surface area contributed by atoms with Gasteiger partial charge in [0.25, 0.3) is 0 Å². The fourth-order valence-electron chi connectivity index (χ4n) is 3.06. The van der Waals surface area contributed by atoms with Crippen LogP contribution < -0.4 is 10.2 Å². The molecule has 2 nitrogen and oxygen atoms in total. The summed E-state index contributed by atoms with van der Waals surface area (Å²) in [7, 11) is 0. The Morgan fingerprint density at radius 1 is 1.21 bits per heavy atom. The van der Waals surface area contributed by atoms with E-state index in [9.17, 15) is 4.39 Å². The van der Waals surface area contributed by atoms with Gasteiger partial charge in [-0.1, -0.05) is 20.8 Å². The van der Waals surface area contributed by atoms with E-state index in [1.807, 2.05) is 0 Å². The zero-order valence-corrected chi connectivity index (χ0v) is 12.2. The van der Waals surface area contributed by atoms with Crippen molar-refractivity contribution < 1.29 is 4.39 Å². The summed E-state index contributed by atoms with van der Waals surface area (Å²) in [6, 6.07) is 5.42. The molecule has 1 heterocycles. The summed E-state index contributed by atoms with van der Waals surface area (Å²) in [5, 5.41) is 3.25. The van der Waals surface area contributed by atoms with Crippen LogP contribution in [-0.4, -0.2) is 19.6 Å². The Morgan fingerprint density at radius 3 is 2.53 bits per heavy atom. The van der Waals surface area contributed by atoms with Crippen LogP contribution in [0.1, 0.15) is 32.8 Å². The number of hydrogen-bond acceptors (Lipinski definition) is 2. The van der Waals surface area contributed by atoms with Gasteiger partial charge in [0.05, 0.1) is 0 Å². The summed E-state index contributed by atoms with van der Waals surface area (Å²) >= 11 is 0. The van der Waals surface area contributed by atoms with Crippen LogP contribution in [0.2, 0.25) is 0 Å². The average molecular weight is 264 g/mol. The quantitative estimate of drug-likeness (QED) is 0.896. The zero-order valence-electron chi connectivity index (χ0n) is 12.2. The molecule has 0 radical (unpaired) electrons. The van der Waals surface area contributed by atoms with Gasteiger partial charge in [0, 0.05) is 25.3 Å². The largest absolute Gasteiger partial charge is 0.371 e. The van der Waals surface area contributed by atoms with Crippen LogP contribution in [0, 0.1) is 17.7 Å². The van der Waals surface area contributed by atoms with Gasteiger partial charge in [0.1, 0.15) is 5.82 Å². The minimum absolute atomic E-state index is 0.128. The first-order valence-electron chi connectivity index (χ1n) is 7.33. The van der Waals surface area contributed by atoms with Crippen molar-refractivity contribution in [1.82, 2.24) is 5.32 Å². The molecule has 1 aromatic rings. The third kappa shape index (κ3) is 3.93. The second kappa shape index (κ2) is 6.38. The Bertz CT molecular complexity index is 409. The molecule has 1 aliphatic rings. The molecular weight excluding hydrogens is 239 g/mol. The molecule has 0 aliphatic carbocycles. The fourth-order valence-corrected chi connectivity index (χ4v) is 3.06. The topological polar surface area (TPSA) is 15.3 Å². The van der Waals surface area contributed by atoms with Gasteiger partial charge in [-0.3, -0.25) is 0 Å². The van der Waals surface area contributed by atoms with Crippen LogP contribution >= 0.6 is 0 Å². The monoisotopic (exact) mass is 264 g/mol. The fraction of sp³-hybridized carbons (Fsp3) is 0.625. The van der Waals surface area contributed by atoms with Crippen molar-refractivity contribution in [2.75, 3.05) is 24.5 Å². The van der Waals surface area contributed by atoms with Crippen molar-refractivity contribution in [1.29, 1.82) is 0 Å². The molecule has 19 heavy (non-hydrogen) atoms. The number of nitrogens with zero attached hydrogens (tertiary/aromatic N) is 1. The van der Waals surface area contributed by atoms with E-state index in [0.29, 0.717) is 11.8 Å². The highest BCUT2D eigenvalue weighted by atomic mass is 19.1. The van der Waals surface area contributed by atoms with Crippen LogP contribution in [0.25, 0.3) is 0 Å². The minimum atomic E-state index is -0.128. The smallest absolute Gasteiger partial charge is 0.125 e. The first-order valence-corrected chi connectivity index (χ1v) is 7.33. The number of halogens is 1. The summed E-state index contributed by atoms with van der Waals surface area (Å²) < 4.78 is 13.7. The van der Waals surface area contributed by atoms with Crippen LogP contribution in [0.3, 0.4) is 0 Å². The van der Waals surface area contributed by atoms with Crippen LogP contribution in [-0.2, 0) is 6.54 Å². The molecule has 1 N–H and O–H groups in total. The molecule has 1 aromatic carbocycles. The van der Waals surface area contributed by atoms with Crippen LogP contribution in [0.4, 0.5) is 10.1 Å². The normalized spacial score (nSPS) is 23.7. The van der Waals surface area contributed by atoms with Crippen LogP contribution in [0.15, 0.2) is 18.2 Å². The number of rotatable bonds is 4. The summed E-state index contributed by atoms with van der Waals surface area (Å²) in [5.41, 5.74) is 2.06. The third-order valence-corrected chi connectivity index (χ3v) is 3.76. The van der Waals surface area contributed by atoms with E-state index in [1.54, 1.807) is 12.1 Å². The van der Waals surface area contributed by atoms with Gasteiger partial charge in [0.15, 0.2) is 0 Å². The first kappa shape index (κ1) is 14.3. The van der Waals surface area contributed by atoms with Gasteiger partial charge in [-0.2, -0.15) is 0 Å². The van der Waals surface area contributed by atoms with Crippen molar-refractivity contribution in [3.63, 3.8) is 0 Å². The number of hydrogen-bond donors (Lipinski definition) is 1. The highest BCUT2D eigenvalue weighted by Crippen LogP contribution is 2.27. The van der Waals surface area contributed by atoms with E-state index >= 15 is 0 Å². The van der Waals surface area contributed by atoms with Gasteiger partial charge >= 0.3 is 0 Å². The molecule has 1 saturated heterocycles. The summed E-state index contributed by atoms with van der Waals surface area (Å²) in [4.78, 5) is 2.33. The molecule has 0 aromatic heterocycles. The lowest BCUT2D eigenvalue weighted by Crippen LogP contribution is -2.38. The molecule has 106 valence electrons. The number of piperidine rings is 1. The predicted molar refractivity (Wildman–Crippen MR) is 78.9 cm³/mol. The first-order chi connectivity index (χ1) is 9.08. The molecular formula is C16H25FN2. The molecule has 0 bridgehead atoms. The summed E-state index contributed by atoms with van der Waals surface area (Å²) in [5.74, 6) is 1.24. The molecule has 0 amide bonds. The highest BCUT2D eigenvalue weighted by molar-refractivity contribution is 5.49. The highest BCUT2D eigenvalue weighted by Gasteiger charge is 2.22. The Kier molecular flexibility index (Phi) is 4.81. The lowest BCUT2D eigenvalue weighted by Gasteiger charge is -2.36. The van der Waals surface area contributed by atoms with Crippen molar-refractivity contribution >= 4 is 5.69 Å². The van der Waals surface area contributed by atoms with Gasteiger partial charge in [0.2, 0.25) is 0 Å². The van der Waals surface area contributed by atoms with Crippen molar-refractivity contribution in [2.45, 2.75) is 33.7 Å². The average Bonchev–Trinajstić information content (AvgIpc) is 2.34. The molecule has 3 heteroatoms. The van der Waals surface area contributed by atoms with E-state index in [1.165, 1.54) is 6.42 Å². The maximum Gasteiger partial charge on any atom is 0.125 e. The Hall–Kier alpha value is -1.09. The maximum absolute atomic E-state index is 13.7. The minimum Gasteiger partial charge on any atom is -0.371 e. The standard InChI is InChI=1S/C16H25FN2/c1-4-18-9-14-6-15(17)8-16(7-14)19-10-12(2)5-13(3)11-19/h6-8,12-13,18H,4-5,9-11H2,1-3H3. The van der Waals surface area contributed by atoms with Crippen molar-refractivity contribution in [3.05, 3.63) is 29.6 Å². The molecule has 0 saturated carbocycles. The maximum atomic E-state index is 13.7. The lowest BCUT2D eigenvalue weighted by molar-refractivity contribution is 0.356. The zero-order chi connectivity index (χ0) is 13.8. The van der Waals surface area contributed by atoms with Crippen molar-refractivity contribution in [3.8, 4) is 0 Å². The number of benzene rings is 1. The number of nitrogens with one attached hydrogen (secondary N) is 1. The summed E-state index contributed by atoms with van der Waals surface area (Å²) in [6.07, 6.45) is 1.27. The van der Waals surface area contributed by atoms with E-state index in [2.05, 4.69) is 37.1 Å². The van der Waals surface area contributed by atoms with E-state index < -0.39 is 0 Å². The van der Waals surface area contributed by atoms with Crippen LogP contribution in [0.5, 0.6) is 0 Å². The number of anilines is 1. The van der Waals surface area contributed by atoms with Gasteiger partial charge in [-0.05, 0) is 48.6 Å². The predicted octanol–water partition coefficient (Wildman–Crippen LogP) is 3.42. The van der Waals surface area contributed by atoms with Gasteiger partial charge in [-0.15, -0.1) is 0 Å². The Balaban J connectivity index is 2.16. The molecule has 2 atom stereocenters. The Labute approximate surface area is 116 Å². The van der Waals surface area contributed by atoms with E-state index in [0.717, 1.165) is 37.4 Å². The SMILES string of the molecule is CCNCc1cc(F)cc(N2CC(C)CC(C)C2)c1.